The van der Waals surface area contributed by atoms with Gasteiger partial charge in [-0.25, -0.2) is 9.97 Å². The maximum absolute atomic E-state index is 11.1. The third-order valence-electron chi connectivity index (χ3n) is 3.54. The Kier molecular flexibility index (Phi) is 4.25. The molecule has 98 valence electrons. The first-order valence-corrected chi connectivity index (χ1v) is 6.46. The van der Waals surface area contributed by atoms with Crippen LogP contribution < -0.4 is 11.1 Å². The van der Waals surface area contributed by atoms with E-state index in [2.05, 4.69) is 15.3 Å². The summed E-state index contributed by atoms with van der Waals surface area (Å²) >= 11 is 0. The second kappa shape index (κ2) is 5.91. The van der Waals surface area contributed by atoms with E-state index in [0.717, 1.165) is 43.7 Å². The van der Waals surface area contributed by atoms with Crippen LogP contribution in [0.15, 0.2) is 12.3 Å². The Hall–Kier alpha value is -1.49. The summed E-state index contributed by atoms with van der Waals surface area (Å²) < 4.78 is 0. The topological polar surface area (TPSA) is 80.9 Å². The van der Waals surface area contributed by atoms with Gasteiger partial charge in [-0.05, 0) is 38.7 Å². The quantitative estimate of drug-likeness (QED) is 0.830. The van der Waals surface area contributed by atoms with Crippen LogP contribution in [0.25, 0.3) is 0 Å². The lowest BCUT2D eigenvalue weighted by molar-refractivity contribution is -0.122. The average Bonchev–Trinajstić information content (AvgIpc) is 2.37. The first kappa shape index (κ1) is 13.0. The van der Waals surface area contributed by atoms with E-state index in [-0.39, 0.29) is 11.8 Å². The number of aryl methyl sites for hydroxylation is 1. The van der Waals surface area contributed by atoms with Gasteiger partial charge in [-0.15, -0.1) is 0 Å². The van der Waals surface area contributed by atoms with E-state index >= 15 is 0 Å². The summed E-state index contributed by atoms with van der Waals surface area (Å²) in [6.07, 6.45) is 5.60. The van der Waals surface area contributed by atoms with E-state index in [9.17, 15) is 4.79 Å². The number of amides is 1. The number of carbonyl (C=O) groups is 1. The molecule has 1 fully saturated rings. The molecule has 0 aromatic carbocycles. The van der Waals surface area contributed by atoms with Crippen LogP contribution in [0, 0.1) is 12.8 Å². The molecule has 0 aliphatic heterocycles. The monoisotopic (exact) mass is 248 g/mol. The Labute approximate surface area is 107 Å². The lowest BCUT2D eigenvalue weighted by Gasteiger charge is -2.27. The van der Waals surface area contributed by atoms with Crippen molar-refractivity contribution in [1.82, 2.24) is 15.3 Å². The molecule has 1 saturated carbocycles. The zero-order valence-corrected chi connectivity index (χ0v) is 10.7. The van der Waals surface area contributed by atoms with Crippen molar-refractivity contribution in [2.75, 3.05) is 0 Å². The first-order chi connectivity index (χ1) is 8.65. The molecular weight excluding hydrogens is 228 g/mol. The molecule has 0 atom stereocenters. The van der Waals surface area contributed by atoms with Gasteiger partial charge in [-0.3, -0.25) is 4.79 Å². The maximum atomic E-state index is 11.1. The van der Waals surface area contributed by atoms with Crippen LogP contribution in [0.3, 0.4) is 0 Å². The van der Waals surface area contributed by atoms with Gasteiger partial charge in [0.2, 0.25) is 5.91 Å². The molecule has 5 nitrogen and oxygen atoms in total. The summed E-state index contributed by atoms with van der Waals surface area (Å²) in [5, 5.41) is 3.48. The lowest BCUT2D eigenvalue weighted by atomic mass is 9.85. The van der Waals surface area contributed by atoms with Gasteiger partial charge in [0.25, 0.3) is 0 Å². The van der Waals surface area contributed by atoms with Crippen LogP contribution in [0.4, 0.5) is 0 Å². The fourth-order valence-corrected chi connectivity index (χ4v) is 2.43. The lowest BCUT2D eigenvalue weighted by Crippen LogP contribution is -2.36. The summed E-state index contributed by atoms with van der Waals surface area (Å²) in [6, 6.07) is 2.39. The van der Waals surface area contributed by atoms with Crippen molar-refractivity contribution < 1.29 is 4.79 Å². The molecule has 0 radical (unpaired) electrons. The predicted octanol–water partition coefficient (Wildman–Crippen LogP) is 0.919. The Morgan fingerprint density at radius 3 is 2.78 bits per heavy atom. The molecule has 0 saturated heterocycles. The highest BCUT2D eigenvalue weighted by Gasteiger charge is 2.24. The molecule has 5 heteroatoms. The number of aromatic nitrogens is 2. The van der Waals surface area contributed by atoms with E-state index in [1.165, 1.54) is 0 Å². The molecule has 18 heavy (non-hydrogen) atoms. The van der Waals surface area contributed by atoms with E-state index in [1.54, 1.807) is 6.20 Å². The largest absolute Gasteiger partial charge is 0.369 e. The summed E-state index contributed by atoms with van der Waals surface area (Å²) in [6.45, 7) is 2.65. The van der Waals surface area contributed by atoms with Crippen LogP contribution in [-0.4, -0.2) is 21.9 Å². The number of nitrogens with zero attached hydrogens (tertiary/aromatic N) is 2. The number of primary amides is 1. The molecule has 1 aromatic rings. The van der Waals surface area contributed by atoms with Crippen molar-refractivity contribution >= 4 is 5.91 Å². The summed E-state index contributed by atoms with van der Waals surface area (Å²) in [5.74, 6) is 0.718. The van der Waals surface area contributed by atoms with Crippen molar-refractivity contribution in [3.05, 3.63) is 23.8 Å². The van der Waals surface area contributed by atoms with Crippen LogP contribution in [0.1, 0.15) is 37.2 Å². The molecular formula is C13H20N4O. The highest BCUT2D eigenvalue weighted by atomic mass is 16.1. The minimum atomic E-state index is -0.153. The average molecular weight is 248 g/mol. The minimum absolute atomic E-state index is 0.0735. The Balaban J connectivity index is 1.77. The Morgan fingerprint density at radius 2 is 2.17 bits per heavy atom. The number of nitrogens with two attached hydrogens (primary N) is 1. The van der Waals surface area contributed by atoms with Gasteiger partial charge in [0, 0.05) is 24.7 Å². The molecule has 1 aliphatic rings. The van der Waals surface area contributed by atoms with Crippen molar-refractivity contribution in [3.63, 3.8) is 0 Å². The Bertz CT molecular complexity index is 413. The fraction of sp³-hybridized carbons (Fsp3) is 0.615. The highest BCUT2D eigenvalue weighted by Crippen LogP contribution is 2.23. The van der Waals surface area contributed by atoms with Crippen LogP contribution in [-0.2, 0) is 11.3 Å². The normalized spacial score (nSPS) is 23.8. The Morgan fingerprint density at radius 1 is 1.44 bits per heavy atom. The van der Waals surface area contributed by atoms with E-state index < -0.39 is 0 Å². The summed E-state index contributed by atoms with van der Waals surface area (Å²) in [4.78, 5) is 19.5. The van der Waals surface area contributed by atoms with Gasteiger partial charge in [0.15, 0.2) is 0 Å². The van der Waals surface area contributed by atoms with Gasteiger partial charge in [-0.2, -0.15) is 0 Å². The predicted molar refractivity (Wildman–Crippen MR) is 68.5 cm³/mol. The van der Waals surface area contributed by atoms with Crippen molar-refractivity contribution in [3.8, 4) is 0 Å². The maximum Gasteiger partial charge on any atom is 0.220 e. The van der Waals surface area contributed by atoms with E-state index in [1.807, 2.05) is 13.0 Å². The second-order valence-corrected chi connectivity index (χ2v) is 4.93. The highest BCUT2D eigenvalue weighted by molar-refractivity contribution is 5.76. The van der Waals surface area contributed by atoms with Crippen molar-refractivity contribution in [2.24, 2.45) is 11.7 Å². The van der Waals surface area contributed by atoms with Crippen molar-refractivity contribution in [2.45, 2.75) is 45.2 Å². The number of carbonyl (C=O) groups excluding carboxylic acids is 1. The summed E-state index contributed by atoms with van der Waals surface area (Å²) in [7, 11) is 0. The van der Waals surface area contributed by atoms with Gasteiger partial charge in [-0.1, -0.05) is 0 Å². The summed E-state index contributed by atoms with van der Waals surface area (Å²) in [5.41, 5.74) is 6.33. The van der Waals surface area contributed by atoms with Gasteiger partial charge in [0.05, 0.1) is 5.69 Å². The zero-order valence-electron chi connectivity index (χ0n) is 10.7. The molecule has 1 heterocycles. The van der Waals surface area contributed by atoms with E-state index in [0.29, 0.717) is 6.04 Å². The third-order valence-corrected chi connectivity index (χ3v) is 3.54. The van der Waals surface area contributed by atoms with Gasteiger partial charge < -0.3 is 11.1 Å². The second-order valence-electron chi connectivity index (χ2n) is 4.93. The molecule has 1 aromatic heterocycles. The van der Waals surface area contributed by atoms with E-state index in [4.69, 9.17) is 5.73 Å². The SMILES string of the molecule is Cc1nccc(CNC2CCC(C(N)=O)CC2)n1. The molecule has 0 spiro atoms. The number of rotatable bonds is 4. The van der Waals surface area contributed by atoms with Crippen LogP contribution in [0.5, 0.6) is 0 Å². The molecule has 0 bridgehead atoms. The zero-order chi connectivity index (χ0) is 13.0. The third kappa shape index (κ3) is 3.50. The van der Waals surface area contributed by atoms with Gasteiger partial charge >= 0.3 is 0 Å². The number of hydrogen-bond donors (Lipinski definition) is 2. The molecule has 0 unspecified atom stereocenters. The number of nitrogens with one attached hydrogen (secondary N) is 1. The standard InChI is InChI=1S/C13H20N4O/c1-9-15-7-6-12(17-9)8-16-11-4-2-10(3-5-11)13(14)18/h6-7,10-11,16H,2-5,8H2,1H3,(H2,14,18). The minimum Gasteiger partial charge on any atom is -0.369 e. The molecule has 1 amide bonds. The smallest absolute Gasteiger partial charge is 0.220 e. The first-order valence-electron chi connectivity index (χ1n) is 6.46. The van der Waals surface area contributed by atoms with Crippen molar-refractivity contribution in [1.29, 1.82) is 0 Å². The molecule has 2 rings (SSSR count). The molecule has 3 N–H and O–H groups in total. The number of hydrogen-bond acceptors (Lipinski definition) is 4. The molecule has 1 aliphatic carbocycles. The van der Waals surface area contributed by atoms with Crippen LogP contribution in [0.2, 0.25) is 0 Å². The van der Waals surface area contributed by atoms with Gasteiger partial charge in [0.1, 0.15) is 5.82 Å². The van der Waals surface area contributed by atoms with Crippen LogP contribution >= 0.6 is 0 Å². The fourth-order valence-electron chi connectivity index (χ4n) is 2.43.